The zero-order valence-corrected chi connectivity index (χ0v) is 52.8. The number of carbonyl (C=O) groups excluding carboxylic acids is 2. The van der Waals surface area contributed by atoms with Gasteiger partial charge in [-0.2, -0.15) is 13.2 Å². The van der Waals surface area contributed by atoms with Crippen LogP contribution in [0, 0.1) is 27.7 Å². The molecule has 2 amide bonds. The van der Waals surface area contributed by atoms with Gasteiger partial charge in [0.05, 0.1) is 26.4 Å². The van der Waals surface area contributed by atoms with Crippen LogP contribution in [0.2, 0.25) is 0 Å². The summed E-state index contributed by atoms with van der Waals surface area (Å²) >= 11 is 0. The van der Waals surface area contributed by atoms with Crippen molar-refractivity contribution in [3.63, 3.8) is 0 Å². The highest BCUT2D eigenvalue weighted by Gasteiger charge is 2.37. The Morgan fingerprint density at radius 1 is 0.551 bits per heavy atom. The number of nitrogens with one attached hydrogen (secondary N) is 4. The Morgan fingerprint density at radius 3 is 1.37 bits per heavy atom. The molecule has 1 aliphatic carbocycles. The number of aromatic amines is 2. The second-order valence-corrected chi connectivity index (χ2v) is 24.9. The van der Waals surface area contributed by atoms with Crippen molar-refractivity contribution < 1.29 is 37.0 Å². The maximum absolute atomic E-state index is 14.9. The molecule has 0 radical (unpaired) electrons. The highest BCUT2D eigenvalue weighted by Crippen LogP contribution is 2.38. The normalized spacial score (nSPS) is 18.1. The quantitative estimate of drug-likeness (QED) is 0.0540. The third kappa shape index (κ3) is 16.3. The summed E-state index contributed by atoms with van der Waals surface area (Å²) in [7, 11) is 4.30. The van der Waals surface area contributed by atoms with Gasteiger partial charge in [-0.1, -0.05) is 48.5 Å². The van der Waals surface area contributed by atoms with Crippen molar-refractivity contribution >= 4 is 23.2 Å². The van der Waals surface area contributed by atoms with E-state index in [1.807, 2.05) is 49.4 Å². The minimum Gasteiger partial charge on any atom is -0.381 e. The van der Waals surface area contributed by atoms with E-state index in [1.54, 1.807) is 32.9 Å². The molecule has 10 rings (SSSR count). The van der Waals surface area contributed by atoms with Crippen molar-refractivity contribution in [1.29, 1.82) is 0 Å². The Labute approximate surface area is 521 Å². The maximum atomic E-state index is 14.9. The number of pyridine rings is 2. The molecule has 3 saturated heterocycles. The molecule has 19 heteroatoms. The predicted octanol–water partition coefficient (Wildman–Crippen LogP) is 9.99. The summed E-state index contributed by atoms with van der Waals surface area (Å²) in [6, 6.07) is 28.1. The van der Waals surface area contributed by atoms with E-state index >= 15 is 0 Å². The number of nitrogens with zero attached hydrogens (tertiary/aromatic N) is 5. The van der Waals surface area contributed by atoms with Gasteiger partial charge in [-0.15, -0.1) is 0 Å². The topological polar surface area (TPSA) is 168 Å². The number of aromatic nitrogens is 2. The van der Waals surface area contributed by atoms with Crippen LogP contribution in [-0.2, 0) is 46.8 Å². The molecule has 4 aliphatic rings. The monoisotopic (exact) mass is 1220 g/mol. The molecule has 0 unspecified atom stereocenters. The van der Waals surface area contributed by atoms with E-state index in [-0.39, 0.29) is 42.1 Å². The minimum atomic E-state index is -4.55. The highest BCUT2D eigenvalue weighted by molar-refractivity contribution is 6.00. The second-order valence-electron chi connectivity index (χ2n) is 24.9. The smallest absolute Gasteiger partial charge is 0.381 e. The molecule has 476 valence electrons. The lowest BCUT2D eigenvalue weighted by Gasteiger charge is -2.40. The molecule has 6 aromatic rings. The number of morpholine rings is 2. The van der Waals surface area contributed by atoms with E-state index < -0.39 is 30.2 Å². The fourth-order valence-corrected chi connectivity index (χ4v) is 13.6. The summed E-state index contributed by atoms with van der Waals surface area (Å²) in [5, 5.41) is 6.12. The van der Waals surface area contributed by atoms with Gasteiger partial charge in [-0.3, -0.25) is 29.0 Å². The fourth-order valence-electron chi connectivity index (χ4n) is 13.6. The SMILES string of the molecule is CCN(c1cc(-c2ccc(CN3CCOCC3)cc2)cc(C(=O)NCc2c(Cc3cc(C)[nH]c(=O)c3CNC(=O)c3cc(-c4ccc(CN5CCOCC5)cc4)cc(N(CC(F)(F)F)C4CCOCC4)c3C)cc(C)[nH]c2=O)c1C)C1CCC(N(C)C)CC1. The third-order valence-electron chi connectivity index (χ3n) is 18.6. The zero-order chi connectivity index (χ0) is 62.9. The molecule has 5 heterocycles. The number of benzene rings is 4. The van der Waals surface area contributed by atoms with Gasteiger partial charge in [0, 0.05) is 135 Å². The number of anilines is 2. The van der Waals surface area contributed by atoms with Crippen LogP contribution < -0.4 is 31.6 Å². The van der Waals surface area contributed by atoms with Crippen LogP contribution in [0.4, 0.5) is 24.5 Å². The van der Waals surface area contributed by atoms with Gasteiger partial charge in [0.2, 0.25) is 0 Å². The summed E-state index contributed by atoms with van der Waals surface area (Å²) in [4.78, 5) is 74.7. The van der Waals surface area contributed by atoms with Gasteiger partial charge in [-0.05, 0) is 186 Å². The molecule has 0 atom stereocenters. The van der Waals surface area contributed by atoms with Crippen LogP contribution >= 0.6 is 0 Å². The number of halogens is 3. The fraction of sp³-hybridized carbons (Fsp3) is 0.486. The first-order chi connectivity index (χ1) is 42.8. The summed E-state index contributed by atoms with van der Waals surface area (Å²) in [5.74, 6) is -0.905. The molecule has 0 spiro atoms. The summed E-state index contributed by atoms with van der Waals surface area (Å²) in [6.45, 7) is 16.9. The Kier molecular flexibility index (Phi) is 21.3. The van der Waals surface area contributed by atoms with Crippen LogP contribution in [0.25, 0.3) is 22.3 Å². The summed E-state index contributed by atoms with van der Waals surface area (Å²) in [6.07, 6.45) is 0.551. The van der Waals surface area contributed by atoms with Crippen molar-refractivity contribution in [2.75, 3.05) is 103 Å². The standard InChI is InChI=1S/C70H88F3N9O7/c1-8-81(58-19-17-57(18-20-58)78(6)7)64-38-53(51-13-9-49(10-14-51)42-79-23-29-88-30-24-79)36-60(47(64)4)66(83)74-40-62-55(33-45(2)76-68(62)85)35-56-34-46(3)77-69(86)63(56)41-75-67(84)61-37-54(52-15-11-50(12-16-52)43-80-25-31-89-32-26-80)39-65(48(61)5)82(44-70(71,72)73)59-21-27-87-28-22-59/h9-16,33-34,36-39,57-59H,8,17-32,35,40-44H2,1-7H3,(H,74,83)(H,75,84)(H,76,85)(H,77,86). The van der Waals surface area contributed by atoms with Gasteiger partial charge in [0.15, 0.2) is 0 Å². The summed E-state index contributed by atoms with van der Waals surface area (Å²) < 4.78 is 60.5. The maximum Gasteiger partial charge on any atom is 0.405 e. The molecule has 4 aromatic carbocycles. The number of ether oxygens (including phenoxy) is 3. The van der Waals surface area contributed by atoms with Crippen molar-refractivity contribution in [2.24, 2.45) is 0 Å². The number of aryl methyl sites for hydroxylation is 2. The largest absolute Gasteiger partial charge is 0.405 e. The Hall–Kier alpha value is -7.13. The first kappa shape index (κ1) is 64.8. The van der Waals surface area contributed by atoms with Gasteiger partial charge in [0.25, 0.3) is 22.9 Å². The van der Waals surface area contributed by atoms with E-state index in [0.29, 0.717) is 102 Å². The lowest BCUT2D eigenvalue weighted by Crippen LogP contribution is -2.45. The average molecular weight is 1220 g/mol. The first-order valence-electron chi connectivity index (χ1n) is 31.7. The second kappa shape index (κ2) is 29.2. The van der Waals surface area contributed by atoms with Gasteiger partial charge in [0.1, 0.15) is 6.54 Å². The van der Waals surface area contributed by atoms with Gasteiger partial charge < -0.3 is 49.5 Å². The minimum absolute atomic E-state index is 0.103. The number of hydrogen-bond donors (Lipinski definition) is 4. The lowest BCUT2D eigenvalue weighted by molar-refractivity contribution is -0.121. The molecular weight excluding hydrogens is 1140 g/mol. The molecule has 2 aromatic heterocycles. The van der Waals surface area contributed by atoms with Crippen LogP contribution in [0.1, 0.15) is 122 Å². The van der Waals surface area contributed by atoms with Crippen molar-refractivity contribution in [3.8, 4) is 22.3 Å². The van der Waals surface area contributed by atoms with Crippen LogP contribution in [0.3, 0.4) is 0 Å². The van der Waals surface area contributed by atoms with E-state index in [2.05, 4.69) is 91.6 Å². The molecule has 4 N–H and O–H groups in total. The van der Waals surface area contributed by atoms with Gasteiger partial charge >= 0.3 is 6.18 Å². The first-order valence-corrected chi connectivity index (χ1v) is 31.7. The highest BCUT2D eigenvalue weighted by atomic mass is 19.4. The van der Waals surface area contributed by atoms with Crippen molar-refractivity contribution in [1.82, 2.24) is 35.3 Å². The Balaban J connectivity index is 0.926. The predicted molar refractivity (Wildman–Crippen MR) is 344 cm³/mol. The van der Waals surface area contributed by atoms with Crippen molar-refractivity contribution in [3.05, 3.63) is 173 Å². The number of hydrogen-bond acceptors (Lipinski definition) is 12. The Bertz CT molecular complexity index is 3540. The number of rotatable bonds is 21. The number of amides is 2. The van der Waals surface area contributed by atoms with Crippen molar-refractivity contribution in [2.45, 2.75) is 130 Å². The van der Waals surface area contributed by atoms with E-state index in [0.717, 1.165) is 118 Å². The third-order valence-corrected chi connectivity index (χ3v) is 18.6. The molecule has 1 saturated carbocycles. The van der Waals surface area contributed by atoms with E-state index in [9.17, 15) is 32.3 Å². The Morgan fingerprint density at radius 2 is 0.955 bits per heavy atom. The van der Waals surface area contributed by atoms with Gasteiger partial charge in [-0.25, -0.2) is 0 Å². The molecule has 89 heavy (non-hydrogen) atoms. The zero-order valence-electron chi connectivity index (χ0n) is 52.8. The van der Waals surface area contributed by atoms with E-state index in [4.69, 9.17) is 14.2 Å². The molecular formula is C70H88F3N9O7. The molecule has 16 nitrogen and oxygen atoms in total. The van der Waals surface area contributed by atoms with Crippen LogP contribution in [0.15, 0.2) is 94.5 Å². The van der Waals surface area contributed by atoms with Crippen LogP contribution in [0.5, 0.6) is 0 Å². The number of carbonyl (C=O) groups is 2. The van der Waals surface area contributed by atoms with Crippen LogP contribution in [-0.4, -0.2) is 154 Å². The molecule has 4 fully saturated rings. The number of alkyl halides is 3. The molecule has 0 bridgehead atoms. The van der Waals surface area contributed by atoms with E-state index in [1.165, 1.54) is 10.5 Å². The molecule has 3 aliphatic heterocycles. The summed E-state index contributed by atoms with van der Waals surface area (Å²) in [5.41, 5.74) is 10.7. The lowest BCUT2D eigenvalue weighted by atomic mass is 9.88. The number of H-pyrrole nitrogens is 2. The average Bonchev–Trinajstić information content (AvgIpc) is 1.08.